The number of aliphatic hydroxyl groups is 1. The van der Waals surface area contributed by atoms with E-state index in [0.717, 1.165) is 17.9 Å². The van der Waals surface area contributed by atoms with E-state index in [-0.39, 0.29) is 12.1 Å². The molecule has 1 aromatic rings. The van der Waals surface area contributed by atoms with Gasteiger partial charge in [0.25, 0.3) is 0 Å². The molecule has 0 bridgehead atoms. The highest BCUT2D eigenvalue weighted by atomic mass is 16.5. The Morgan fingerprint density at radius 1 is 1.28 bits per heavy atom. The average molecular weight is 251 g/mol. The van der Waals surface area contributed by atoms with Crippen LogP contribution in [0.15, 0.2) is 12.1 Å². The van der Waals surface area contributed by atoms with Gasteiger partial charge in [-0.3, -0.25) is 4.90 Å². The van der Waals surface area contributed by atoms with E-state index in [4.69, 9.17) is 4.74 Å². The fraction of sp³-hybridized carbons (Fsp3) is 0.600. The Labute approximate surface area is 110 Å². The number of ether oxygens (including phenoxy) is 1. The summed E-state index contributed by atoms with van der Waals surface area (Å²) in [5, 5.41) is 9.41. The van der Waals surface area contributed by atoms with E-state index in [1.54, 1.807) is 7.11 Å². The third-order valence-corrected chi connectivity index (χ3v) is 3.53. The van der Waals surface area contributed by atoms with E-state index in [1.165, 1.54) is 11.1 Å². The van der Waals surface area contributed by atoms with Crippen molar-refractivity contribution < 1.29 is 9.84 Å². The molecule has 0 atom stereocenters. The van der Waals surface area contributed by atoms with E-state index in [0.29, 0.717) is 0 Å². The maximum Gasteiger partial charge on any atom is 0.126 e. The number of aliphatic hydroxyl groups excluding tert-OH is 1. The first-order valence-corrected chi connectivity index (χ1v) is 6.28. The molecule has 0 amide bonds. The topological polar surface area (TPSA) is 32.7 Å². The SMILES string of the molecule is COc1c(C)cc(C)cc1CN(C)C(C)(C)CO. The van der Waals surface area contributed by atoms with Crippen LogP contribution in [0.5, 0.6) is 5.75 Å². The lowest BCUT2D eigenvalue weighted by atomic mass is 10.0. The number of methoxy groups -OCH3 is 1. The van der Waals surface area contributed by atoms with Crippen molar-refractivity contribution in [2.75, 3.05) is 20.8 Å². The Hall–Kier alpha value is -1.06. The Morgan fingerprint density at radius 2 is 1.89 bits per heavy atom. The van der Waals surface area contributed by atoms with Gasteiger partial charge in [-0.05, 0) is 40.3 Å². The predicted molar refractivity (Wildman–Crippen MR) is 75.1 cm³/mol. The molecule has 3 nitrogen and oxygen atoms in total. The molecule has 3 heteroatoms. The molecular formula is C15H25NO2. The first kappa shape index (κ1) is 15.0. The molecule has 0 saturated heterocycles. The van der Waals surface area contributed by atoms with E-state index in [9.17, 15) is 5.11 Å². The maximum absolute atomic E-state index is 9.41. The molecule has 0 aliphatic heterocycles. The van der Waals surface area contributed by atoms with Crippen LogP contribution in [0.3, 0.4) is 0 Å². The minimum absolute atomic E-state index is 0.136. The molecule has 0 spiro atoms. The monoisotopic (exact) mass is 251 g/mol. The van der Waals surface area contributed by atoms with Gasteiger partial charge in [-0.2, -0.15) is 0 Å². The van der Waals surface area contributed by atoms with Gasteiger partial charge < -0.3 is 9.84 Å². The molecule has 0 aromatic heterocycles. The van der Waals surface area contributed by atoms with Crippen molar-refractivity contribution in [2.45, 2.75) is 39.8 Å². The zero-order valence-electron chi connectivity index (χ0n) is 12.4. The number of rotatable bonds is 5. The third-order valence-electron chi connectivity index (χ3n) is 3.53. The summed E-state index contributed by atoms with van der Waals surface area (Å²) in [6.07, 6.45) is 0. The molecule has 102 valence electrons. The highest BCUT2D eigenvalue weighted by Crippen LogP contribution is 2.27. The van der Waals surface area contributed by atoms with Crippen LogP contribution < -0.4 is 4.74 Å². The van der Waals surface area contributed by atoms with Gasteiger partial charge >= 0.3 is 0 Å². The summed E-state index contributed by atoms with van der Waals surface area (Å²) < 4.78 is 5.49. The highest BCUT2D eigenvalue weighted by Gasteiger charge is 2.23. The van der Waals surface area contributed by atoms with Crippen molar-refractivity contribution in [3.63, 3.8) is 0 Å². The predicted octanol–water partition coefficient (Wildman–Crippen LogP) is 2.51. The number of hydrogen-bond donors (Lipinski definition) is 1. The highest BCUT2D eigenvalue weighted by molar-refractivity contribution is 5.43. The van der Waals surface area contributed by atoms with Gasteiger partial charge in [0.15, 0.2) is 0 Å². The number of hydrogen-bond acceptors (Lipinski definition) is 3. The number of nitrogens with zero attached hydrogens (tertiary/aromatic N) is 1. The lowest BCUT2D eigenvalue weighted by Crippen LogP contribution is -2.43. The number of benzene rings is 1. The fourth-order valence-corrected chi connectivity index (χ4v) is 2.04. The minimum atomic E-state index is -0.233. The summed E-state index contributed by atoms with van der Waals surface area (Å²) in [6, 6.07) is 4.27. The van der Waals surface area contributed by atoms with Crippen molar-refractivity contribution in [2.24, 2.45) is 0 Å². The second-order valence-corrected chi connectivity index (χ2v) is 5.60. The Balaban J connectivity index is 3.04. The summed E-state index contributed by atoms with van der Waals surface area (Å²) in [5.41, 5.74) is 3.32. The molecule has 0 aliphatic carbocycles. The molecule has 18 heavy (non-hydrogen) atoms. The van der Waals surface area contributed by atoms with Crippen molar-refractivity contribution in [3.8, 4) is 5.75 Å². The van der Waals surface area contributed by atoms with Crippen LogP contribution in [0.25, 0.3) is 0 Å². The quantitative estimate of drug-likeness (QED) is 0.873. The largest absolute Gasteiger partial charge is 0.496 e. The molecule has 1 aromatic carbocycles. The van der Waals surface area contributed by atoms with Gasteiger partial charge in [-0.1, -0.05) is 17.7 Å². The molecule has 1 rings (SSSR count). The van der Waals surface area contributed by atoms with Crippen LogP contribution in [0.4, 0.5) is 0 Å². The molecule has 1 N–H and O–H groups in total. The zero-order valence-corrected chi connectivity index (χ0v) is 12.4. The third kappa shape index (κ3) is 3.24. The van der Waals surface area contributed by atoms with Gasteiger partial charge in [-0.15, -0.1) is 0 Å². The Morgan fingerprint density at radius 3 is 2.39 bits per heavy atom. The normalized spacial score (nSPS) is 12.0. The summed E-state index contributed by atoms with van der Waals surface area (Å²) >= 11 is 0. The minimum Gasteiger partial charge on any atom is -0.496 e. The molecule has 0 aliphatic rings. The second kappa shape index (κ2) is 5.72. The summed E-state index contributed by atoms with van der Waals surface area (Å²) in [4.78, 5) is 2.14. The Bertz CT molecular complexity index is 413. The van der Waals surface area contributed by atoms with Crippen molar-refractivity contribution >= 4 is 0 Å². The van der Waals surface area contributed by atoms with Crippen molar-refractivity contribution in [3.05, 3.63) is 28.8 Å². The van der Waals surface area contributed by atoms with Crippen LogP contribution in [-0.2, 0) is 6.54 Å². The lowest BCUT2D eigenvalue weighted by molar-refractivity contribution is 0.0727. The van der Waals surface area contributed by atoms with Crippen LogP contribution >= 0.6 is 0 Å². The van der Waals surface area contributed by atoms with E-state index in [1.807, 2.05) is 20.9 Å². The fourth-order valence-electron chi connectivity index (χ4n) is 2.04. The lowest BCUT2D eigenvalue weighted by Gasteiger charge is -2.34. The summed E-state index contributed by atoms with van der Waals surface area (Å²) in [5.74, 6) is 0.946. The molecule has 0 radical (unpaired) electrons. The van der Waals surface area contributed by atoms with Crippen LogP contribution in [0, 0.1) is 13.8 Å². The molecule has 0 heterocycles. The first-order chi connectivity index (χ1) is 8.31. The summed E-state index contributed by atoms with van der Waals surface area (Å²) in [6.45, 7) is 9.11. The standard InChI is InChI=1S/C15H25NO2/c1-11-7-12(2)14(18-6)13(8-11)9-16(5)15(3,4)10-17/h7-8,17H,9-10H2,1-6H3. The van der Waals surface area contributed by atoms with Crippen LogP contribution in [0.1, 0.15) is 30.5 Å². The van der Waals surface area contributed by atoms with E-state index in [2.05, 4.69) is 30.9 Å². The number of aryl methyl sites for hydroxylation is 2. The zero-order chi connectivity index (χ0) is 13.9. The summed E-state index contributed by atoms with van der Waals surface area (Å²) in [7, 11) is 3.73. The molecule has 0 unspecified atom stereocenters. The first-order valence-electron chi connectivity index (χ1n) is 6.28. The molecule has 0 saturated carbocycles. The van der Waals surface area contributed by atoms with Gasteiger partial charge in [0.05, 0.1) is 13.7 Å². The van der Waals surface area contributed by atoms with Crippen molar-refractivity contribution in [1.82, 2.24) is 4.90 Å². The van der Waals surface area contributed by atoms with E-state index >= 15 is 0 Å². The average Bonchev–Trinajstić information content (AvgIpc) is 2.28. The van der Waals surface area contributed by atoms with Crippen LogP contribution in [0.2, 0.25) is 0 Å². The Kier molecular flexibility index (Phi) is 4.77. The smallest absolute Gasteiger partial charge is 0.126 e. The van der Waals surface area contributed by atoms with Gasteiger partial charge in [0, 0.05) is 17.6 Å². The second-order valence-electron chi connectivity index (χ2n) is 5.60. The molecule has 0 fully saturated rings. The van der Waals surface area contributed by atoms with Gasteiger partial charge in [0.1, 0.15) is 5.75 Å². The van der Waals surface area contributed by atoms with Crippen LogP contribution in [-0.4, -0.2) is 36.3 Å². The van der Waals surface area contributed by atoms with Crippen molar-refractivity contribution in [1.29, 1.82) is 0 Å². The molecular weight excluding hydrogens is 226 g/mol. The van der Waals surface area contributed by atoms with E-state index < -0.39 is 0 Å². The number of likely N-dealkylation sites (N-methyl/N-ethyl adjacent to an activating group) is 1. The maximum atomic E-state index is 9.41. The van der Waals surface area contributed by atoms with Gasteiger partial charge in [-0.25, -0.2) is 0 Å². The van der Waals surface area contributed by atoms with Gasteiger partial charge in [0.2, 0.25) is 0 Å².